The van der Waals surface area contributed by atoms with Crippen LogP contribution in [0.2, 0.25) is 0 Å². The van der Waals surface area contributed by atoms with Crippen molar-refractivity contribution in [2.45, 2.75) is 25.8 Å². The molecule has 0 atom stereocenters. The van der Waals surface area contributed by atoms with Gasteiger partial charge >= 0.3 is 0 Å². The van der Waals surface area contributed by atoms with Crippen LogP contribution in [0.4, 0.5) is 5.69 Å². The Labute approximate surface area is 113 Å². The number of anilines is 1. The molecular weight excluding hydrogens is 244 g/mol. The molecule has 1 aromatic carbocycles. The van der Waals surface area contributed by atoms with Gasteiger partial charge < -0.3 is 10.6 Å². The summed E-state index contributed by atoms with van der Waals surface area (Å²) in [6.07, 6.45) is 2.16. The van der Waals surface area contributed by atoms with E-state index in [0.717, 1.165) is 41.2 Å². The van der Waals surface area contributed by atoms with Crippen molar-refractivity contribution < 1.29 is 4.79 Å². The molecule has 2 rings (SSSR count). The van der Waals surface area contributed by atoms with Crippen molar-refractivity contribution in [1.82, 2.24) is 5.32 Å². The van der Waals surface area contributed by atoms with Gasteiger partial charge in [0.05, 0.1) is 5.56 Å². The monoisotopic (exact) mass is 264 g/mol. The third-order valence-electron chi connectivity index (χ3n) is 3.25. The minimum absolute atomic E-state index is 0.0382. The molecule has 1 saturated heterocycles. The first-order valence-electron chi connectivity index (χ1n) is 6.37. The lowest BCUT2D eigenvalue weighted by atomic mass is 10.1. The zero-order valence-electron chi connectivity index (χ0n) is 11.0. The zero-order valence-corrected chi connectivity index (χ0v) is 11.8. The maximum Gasteiger partial charge on any atom is 0.253 e. The van der Waals surface area contributed by atoms with Crippen molar-refractivity contribution in [3.05, 3.63) is 29.3 Å². The van der Waals surface area contributed by atoms with Gasteiger partial charge in [-0.25, -0.2) is 0 Å². The van der Waals surface area contributed by atoms with Crippen LogP contribution in [0.5, 0.6) is 0 Å². The Kier molecular flexibility index (Phi) is 4.53. The molecule has 2 N–H and O–H groups in total. The van der Waals surface area contributed by atoms with Crippen molar-refractivity contribution in [3.8, 4) is 0 Å². The van der Waals surface area contributed by atoms with Gasteiger partial charge in [-0.2, -0.15) is 11.8 Å². The molecule has 1 fully saturated rings. The van der Waals surface area contributed by atoms with Crippen molar-refractivity contribution in [2.24, 2.45) is 0 Å². The molecule has 0 saturated carbocycles. The largest absolute Gasteiger partial charge is 0.387 e. The van der Waals surface area contributed by atoms with Crippen LogP contribution in [0.3, 0.4) is 0 Å². The van der Waals surface area contributed by atoms with Gasteiger partial charge in [0.15, 0.2) is 0 Å². The molecule has 1 aliphatic rings. The highest BCUT2D eigenvalue weighted by atomic mass is 32.2. The van der Waals surface area contributed by atoms with Gasteiger partial charge in [-0.3, -0.25) is 4.79 Å². The van der Waals surface area contributed by atoms with Crippen LogP contribution in [0.25, 0.3) is 0 Å². The predicted molar refractivity (Wildman–Crippen MR) is 78.5 cm³/mol. The molecule has 1 aromatic rings. The second kappa shape index (κ2) is 6.14. The number of hydrogen-bond acceptors (Lipinski definition) is 3. The Bertz CT molecular complexity index is 428. The summed E-state index contributed by atoms with van der Waals surface area (Å²) in [5.74, 6) is 2.34. The maximum absolute atomic E-state index is 12.2. The smallest absolute Gasteiger partial charge is 0.253 e. The van der Waals surface area contributed by atoms with Crippen molar-refractivity contribution in [1.29, 1.82) is 0 Å². The predicted octanol–water partition coefficient (Wildman–Crippen LogP) is 2.66. The Morgan fingerprint density at radius 1 is 1.33 bits per heavy atom. The molecule has 0 aliphatic carbocycles. The standard InChI is InChI=1S/C14H20N2OS/c1-10-3-4-12(13(9-10)15-2)14(17)16-11-5-7-18-8-6-11/h3-4,9,11,15H,5-8H2,1-2H3,(H,16,17). The van der Waals surface area contributed by atoms with Gasteiger partial charge in [0, 0.05) is 18.8 Å². The average molecular weight is 264 g/mol. The van der Waals surface area contributed by atoms with Gasteiger partial charge in [-0.05, 0) is 49.0 Å². The Morgan fingerprint density at radius 3 is 2.72 bits per heavy atom. The first kappa shape index (κ1) is 13.3. The molecule has 98 valence electrons. The molecule has 0 aromatic heterocycles. The lowest BCUT2D eigenvalue weighted by molar-refractivity contribution is 0.0935. The summed E-state index contributed by atoms with van der Waals surface area (Å²) in [7, 11) is 1.85. The summed E-state index contributed by atoms with van der Waals surface area (Å²) in [4.78, 5) is 12.2. The summed E-state index contributed by atoms with van der Waals surface area (Å²) in [6, 6.07) is 6.22. The van der Waals surface area contributed by atoms with E-state index < -0.39 is 0 Å². The summed E-state index contributed by atoms with van der Waals surface area (Å²) in [6.45, 7) is 2.03. The third kappa shape index (κ3) is 3.19. The van der Waals surface area contributed by atoms with Crippen LogP contribution in [0, 0.1) is 6.92 Å². The highest BCUT2D eigenvalue weighted by Crippen LogP contribution is 2.20. The van der Waals surface area contributed by atoms with Crippen molar-refractivity contribution >= 4 is 23.4 Å². The van der Waals surface area contributed by atoms with E-state index in [1.165, 1.54) is 0 Å². The molecule has 1 amide bonds. The van der Waals surface area contributed by atoms with Crippen LogP contribution in [-0.4, -0.2) is 30.5 Å². The van der Waals surface area contributed by atoms with Crippen LogP contribution < -0.4 is 10.6 Å². The van der Waals surface area contributed by atoms with E-state index in [9.17, 15) is 4.79 Å². The number of nitrogens with one attached hydrogen (secondary N) is 2. The normalized spacial score (nSPS) is 16.3. The van der Waals surface area contributed by atoms with Crippen molar-refractivity contribution in [2.75, 3.05) is 23.9 Å². The molecule has 0 unspecified atom stereocenters. The molecule has 0 radical (unpaired) electrons. The highest BCUT2D eigenvalue weighted by Gasteiger charge is 2.18. The van der Waals surface area contributed by atoms with Crippen LogP contribution in [-0.2, 0) is 0 Å². The number of carbonyl (C=O) groups excluding carboxylic acids is 1. The molecule has 3 nitrogen and oxygen atoms in total. The number of hydrogen-bond donors (Lipinski definition) is 2. The molecule has 0 spiro atoms. The quantitative estimate of drug-likeness (QED) is 0.882. The van der Waals surface area contributed by atoms with Gasteiger partial charge in [0.25, 0.3) is 5.91 Å². The second-order valence-corrected chi connectivity index (χ2v) is 5.88. The third-order valence-corrected chi connectivity index (χ3v) is 4.29. The van der Waals surface area contributed by atoms with Crippen LogP contribution in [0.1, 0.15) is 28.8 Å². The second-order valence-electron chi connectivity index (χ2n) is 4.66. The number of amides is 1. The van der Waals surface area contributed by atoms with Gasteiger partial charge in [-0.15, -0.1) is 0 Å². The minimum atomic E-state index is 0.0382. The SMILES string of the molecule is CNc1cc(C)ccc1C(=O)NC1CCSCC1. The van der Waals surface area contributed by atoms with E-state index in [4.69, 9.17) is 0 Å². The number of rotatable bonds is 3. The fourth-order valence-corrected chi connectivity index (χ4v) is 3.27. The number of carbonyl (C=O) groups is 1. The van der Waals surface area contributed by atoms with Gasteiger partial charge in [0.2, 0.25) is 0 Å². The van der Waals surface area contributed by atoms with Crippen LogP contribution in [0.15, 0.2) is 18.2 Å². The van der Waals surface area contributed by atoms with E-state index in [0.29, 0.717) is 6.04 Å². The van der Waals surface area contributed by atoms with Crippen molar-refractivity contribution in [3.63, 3.8) is 0 Å². The summed E-state index contributed by atoms with van der Waals surface area (Å²) < 4.78 is 0. The van der Waals surface area contributed by atoms with E-state index in [1.54, 1.807) is 0 Å². The maximum atomic E-state index is 12.2. The molecule has 1 heterocycles. The number of benzene rings is 1. The van der Waals surface area contributed by atoms with Gasteiger partial charge in [0.1, 0.15) is 0 Å². The van der Waals surface area contributed by atoms with E-state index >= 15 is 0 Å². The Hall–Kier alpha value is -1.16. The molecule has 1 aliphatic heterocycles. The van der Waals surface area contributed by atoms with E-state index in [1.807, 2.05) is 43.9 Å². The van der Waals surface area contributed by atoms with Gasteiger partial charge in [-0.1, -0.05) is 6.07 Å². The van der Waals surface area contributed by atoms with E-state index in [-0.39, 0.29) is 5.91 Å². The number of thioether (sulfide) groups is 1. The topological polar surface area (TPSA) is 41.1 Å². The lowest BCUT2D eigenvalue weighted by Crippen LogP contribution is -2.37. The fraction of sp³-hybridized carbons (Fsp3) is 0.500. The fourth-order valence-electron chi connectivity index (χ4n) is 2.17. The Balaban J connectivity index is 2.08. The summed E-state index contributed by atoms with van der Waals surface area (Å²) in [5.41, 5.74) is 2.80. The molecule has 18 heavy (non-hydrogen) atoms. The Morgan fingerprint density at radius 2 is 2.06 bits per heavy atom. The summed E-state index contributed by atoms with van der Waals surface area (Å²) >= 11 is 1.97. The molecule has 0 bridgehead atoms. The first-order valence-corrected chi connectivity index (χ1v) is 7.53. The zero-order chi connectivity index (χ0) is 13.0. The summed E-state index contributed by atoms with van der Waals surface area (Å²) in [5, 5.41) is 6.23. The highest BCUT2D eigenvalue weighted by molar-refractivity contribution is 7.99. The number of aryl methyl sites for hydroxylation is 1. The van der Waals surface area contributed by atoms with Crippen LogP contribution >= 0.6 is 11.8 Å². The molecular formula is C14H20N2OS. The minimum Gasteiger partial charge on any atom is -0.387 e. The average Bonchev–Trinajstić information content (AvgIpc) is 2.39. The van der Waals surface area contributed by atoms with E-state index in [2.05, 4.69) is 10.6 Å². The first-order chi connectivity index (χ1) is 8.70. The lowest BCUT2D eigenvalue weighted by Gasteiger charge is -2.23. The molecule has 4 heteroatoms.